The van der Waals surface area contributed by atoms with Crippen LogP contribution in [-0.4, -0.2) is 25.2 Å². The average Bonchev–Trinajstić information content (AvgIpc) is 3.40. The second-order valence-corrected chi connectivity index (χ2v) is 10.9. The highest BCUT2D eigenvalue weighted by molar-refractivity contribution is 7.89. The lowest BCUT2D eigenvalue weighted by molar-refractivity contribution is -0.112. The van der Waals surface area contributed by atoms with E-state index in [1.165, 1.54) is 10.4 Å². The van der Waals surface area contributed by atoms with Crippen LogP contribution in [0.15, 0.2) is 106 Å². The molecule has 1 amide bonds. The minimum absolute atomic E-state index is 0.0425. The molecule has 0 bridgehead atoms. The monoisotopic (exact) mass is 555 g/mol. The predicted octanol–water partition coefficient (Wildman–Crippen LogP) is 5.92. The molecule has 3 aromatic carbocycles. The Labute approximate surface area is 234 Å². The summed E-state index contributed by atoms with van der Waals surface area (Å²) in [5, 5.41) is 12.3. The van der Waals surface area contributed by atoms with Crippen molar-refractivity contribution < 1.29 is 22.4 Å². The smallest absolute Gasteiger partial charge is 0.266 e. The lowest BCUT2D eigenvalue weighted by atomic mass is 10.2. The minimum Gasteiger partial charge on any atom is -0.494 e. The van der Waals surface area contributed by atoms with Gasteiger partial charge < -0.3 is 14.5 Å². The Balaban J connectivity index is 1.53. The molecule has 0 saturated carbocycles. The number of carbonyl (C=O) groups excluding carboxylic acids is 1. The van der Waals surface area contributed by atoms with Crippen LogP contribution in [0.25, 0.3) is 6.08 Å². The van der Waals surface area contributed by atoms with Gasteiger partial charge in [-0.1, -0.05) is 48.0 Å². The van der Waals surface area contributed by atoms with Crippen LogP contribution < -0.4 is 10.1 Å². The minimum atomic E-state index is -3.86. The molecule has 0 spiro atoms. The summed E-state index contributed by atoms with van der Waals surface area (Å²) in [5.74, 6) is 0.686. The van der Waals surface area contributed by atoms with Crippen LogP contribution >= 0.6 is 0 Å². The molecule has 0 radical (unpaired) electrons. The third-order valence-corrected chi connectivity index (χ3v) is 7.76. The van der Waals surface area contributed by atoms with Crippen molar-refractivity contribution in [3.8, 4) is 11.8 Å². The number of ether oxygens (including phenoxy) is 1. The highest BCUT2D eigenvalue weighted by atomic mass is 32.2. The van der Waals surface area contributed by atoms with Crippen molar-refractivity contribution in [2.45, 2.75) is 31.8 Å². The summed E-state index contributed by atoms with van der Waals surface area (Å²) < 4.78 is 39.7. The number of furan rings is 1. The summed E-state index contributed by atoms with van der Waals surface area (Å²) in [6.07, 6.45) is 1.32. The molecule has 0 fully saturated rings. The van der Waals surface area contributed by atoms with Gasteiger partial charge in [0.2, 0.25) is 10.0 Å². The normalized spacial score (nSPS) is 11.7. The average molecular weight is 556 g/mol. The zero-order chi connectivity index (χ0) is 28.5. The number of hydrogen-bond donors (Lipinski definition) is 1. The molecule has 0 atom stereocenters. The van der Waals surface area contributed by atoms with E-state index in [4.69, 9.17) is 9.15 Å². The highest BCUT2D eigenvalue weighted by Gasteiger charge is 2.26. The number of nitriles is 1. The van der Waals surface area contributed by atoms with E-state index in [1.54, 1.807) is 60.7 Å². The van der Waals surface area contributed by atoms with Crippen molar-refractivity contribution in [2.75, 3.05) is 11.9 Å². The summed E-state index contributed by atoms with van der Waals surface area (Å²) in [5.41, 5.74) is 2.12. The second-order valence-electron chi connectivity index (χ2n) is 8.96. The van der Waals surface area contributed by atoms with Crippen LogP contribution in [0.3, 0.4) is 0 Å². The SMILES string of the molecule is CCOc1ccc(NC(=O)/C(C#N)=C\c2ccc(CN(Cc3ccccc3)S(=O)(=O)c3ccc(C)cc3)o2)cc1. The van der Waals surface area contributed by atoms with E-state index in [9.17, 15) is 18.5 Å². The van der Waals surface area contributed by atoms with Crippen LogP contribution in [0.2, 0.25) is 0 Å². The van der Waals surface area contributed by atoms with Crippen LogP contribution in [-0.2, 0) is 27.9 Å². The van der Waals surface area contributed by atoms with E-state index >= 15 is 0 Å². The van der Waals surface area contributed by atoms with E-state index in [-0.39, 0.29) is 29.3 Å². The number of rotatable bonds is 11. The van der Waals surface area contributed by atoms with E-state index in [0.717, 1.165) is 11.1 Å². The molecular weight excluding hydrogens is 526 g/mol. The molecule has 8 nitrogen and oxygen atoms in total. The second kappa shape index (κ2) is 12.9. The van der Waals surface area contributed by atoms with Gasteiger partial charge in [0.15, 0.2) is 0 Å². The first-order valence-electron chi connectivity index (χ1n) is 12.6. The van der Waals surface area contributed by atoms with Crippen molar-refractivity contribution in [2.24, 2.45) is 0 Å². The lowest BCUT2D eigenvalue weighted by Gasteiger charge is -2.21. The Kier molecular flexibility index (Phi) is 9.17. The number of nitrogens with zero attached hydrogens (tertiary/aromatic N) is 2. The van der Waals surface area contributed by atoms with Gasteiger partial charge in [0, 0.05) is 18.3 Å². The number of sulfonamides is 1. The van der Waals surface area contributed by atoms with Gasteiger partial charge in [0.05, 0.1) is 18.0 Å². The first kappa shape index (κ1) is 28.4. The highest BCUT2D eigenvalue weighted by Crippen LogP contribution is 2.23. The van der Waals surface area contributed by atoms with Crippen molar-refractivity contribution in [3.05, 3.63) is 119 Å². The van der Waals surface area contributed by atoms with E-state index in [0.29, 0.717) is 23.8 Å². The van der Waals surface area contributed by atoms with Gasteiger partial charge in [-0.05, 0) is 67.9 Å². The van der Waals surface area contributed by atoms with Gasteiger partial charge in [0.1, 0.15) is 28.9 Å². The molecule has 0 unspecified atom stereocenters. The van der Waals surface area contributed by atoms with Gasteiger partial charge in [-0.25, -0.2) is 8.42 Å². The molecule has 1 heterocycles. The van der Waals surface area contributed by atoms with Gasteiger partial charge >= 0.3 is 0 Å². The maximum Gasteiger partial charge on any atom is 0.266 e. The zero-order valence-corrected chi connectivity index (χ0v) is 23.0. The number of nitrogens with one attached hydrogen (secondary N) is 1. The third-order valence-electron chi connectivity index (χ3n) is 5.95. The Morgan fingerprint density at radius 1 is 0.975 bits per heavy atom. The summed E-state index contributed by atoms with van der Waals surface area (Å²) >= 11 is 0. The van der Waals surface area contributed by atoms with Gasteiger partial charge in [-0.3, -0.25) is 4.79 Å². The van der Waals surface area contributed by atoms with Crippen molar-refractivity contribution >= 4 is 27.7 Å². The number of aryl methyl sites for hydroxylation is 1. The summed E-state index contributed by atoms with van der Waals surface area (Å²) in [4.78, 5) is 12.9. The lowest BCUT2D eigenvalue weighted by Crippen LogP contribution is -2.30. The number of amides is 1. The van der Waals surface area contributed by atoms with Crippen molar-refractivity contribution in [1.29, 1.82) is 5.26 Å². The molecule has 40 heavy (non-hydrogen) atoms. The van der Waals surface area contributed by atoms with Gasteiger partial charge in [-0.2, -0.15) is 9.57 Å². The topological polar surface area (TPSA) is 113 Å². The molecule has 0 aliphatic heterocycles. The number of anilines is 1. The molecule has 0 aliphatic rings. The van der Waals surface area contributed by atoms with E-state index in [2.05, 4.69) is 5.32 Å². The molecule has 0 aliphatic carbocycles. The summed E-state index contributed by atoms with van der Waals surface area (Å²) in [7, 11) is -3.86. The molecule has 204 valence electrons. The van der Waals surface area contributed by atoms with Crippen molar-refractivity contribution in [3.63, 3.8) is 0 Å². The van der Waals surface area contributed by atoms with E-state index in [1.807, 2.05) is 50.2 Å². The molecule has 4 aromatic rings. The summed E-state index contributed by atoms with van der Waals surface area (Å²) in [6, 6.07) is 27.9. The molecule has 1 N–H and O–H groups in total. The Morgan fingerprint density at radius 2 is 1.68 bits per heavy atom. The first-order valence-corrected chi connectivity index (χ1v) is 14.1. The number of benzene rings is 3. The van der Waals surface area contributed by atoms with Gasteiger partial charge in [-0.15, -0.1) is 0 Å². The number of carbonyl (C=O) groups is 1. The first-order chi connectivity index (χ1) is 19.3. The van der Waals surface area contributed by atoms with Crippen LogP contribution in [0.1, 0.15) is 29.6 Å². The third kappa shape index (κ3) is 7.26. The summed E-state index contributed by atoms with van der Waals surface area (Å²) in [6.45, 7) is 4.39. The Hall–Kier alpha value is -4.65. The predicted molar refractivity (Wildman–Crippen MR) is 153 cm³/mol. The quantitative estimate of drug-likeness (QED) is 0.181. The fourth-order valence-corrected chi connectivity index (χ4v) is 5.29. The maximum absolute atomic E-state index is 13.6. The van der Waals surface area contributed by atoms with E-state index < -0.39 is 15.9 Å². The van der Waals surface area contributed by atoms with Crippen molar-refractivity contribution in [1.82, 2.24) is 4.31 Å². The fraction of sp³-hybridized carbons (Fsp3) is 0.161. The molecule has 4 rings (SSSR count). The zero-order valence-electron chi connectivity index (χ0n) is 22.2. The van der Waals surface area contributed by atoms with Gasteiger partial charge in [0.25, 0.3) is 5.91 Å². The van der Waals surface area contributed by atoms with Crippen LogP contribution in [0.4, 0.5) is 5.69 Å². The fourth-order valence-electron chi connectivity index (χ4n) is 3.89. The Morgan fingerprint density at radius 3 is 2.33 bits per heavy atom. The molecule has 0 saturated heterocycles. The van der Waals surface area contributed by atoms with Crippen LogP contribution in [0.5, 0.6) is 5.75 Å². The number of hydrogen-bond acceptors (Lipinski definition) is 6. The largest absolute Gasteiger partial charge is 0.494 e. The maximum atomic E-state index is 13.6. The molecular formula is C31H29N3O5S. The standard InChI is InChI=1S/C31H29N3O5S/c1-3-38-27-13-11-26(12-14-27)33-31(35)25(20-32)19-28-15-16-29(39-28)22-34(21-24-7-5-4-6-8-24)40(36,37)30-17-9-23(2)10-18-30/h4-19H,3,21-22H2,1-2H3,(H,33,35)/b25-19-. The van der Waals surface area contributed by atoms with Crippen LogP contribution in [0, 0.1) is 18.3 Å². The molecule has 9 heteroatoms. The Bertz CT molecular complexity index is 1620. The molecule has 1 aromatic heterocycles.